The van der Waals surface area contributed by atoms with E-state index in [4.69, 9.17) is 9.73 Å². The van der Waals surface area contributed by atoms with Gasteiger partial charge in [-0.1, -0.05) is 30.3 Å². The molecule has 2 aromatic rings. The van der Waals surface area contributed by atoms with Crippen molar-refractivity contribution in [2.75, 3.05) is 49.2 Å². The van der Waals surface area contributed by atoms with E-state index in [1.54, 1.807) is 0 Å². The summed E-state index contributed by atoms with van der Waals surface area (Å²) in [5, 5.41) is 3.45. The molecule has 6 heteroatoms. The minimum Gasteiger partial charge on any atom is -0.378 e. The number of nitrogens with one attached hydrogen (secondary N) is 1. The molecule has 4 rings (SSSR count). The zero-order valence-electron chi connectivity index (χ0n) is 16.4. The second-order valence-corrected chi connectivity index (χ2v) is 6.97. The van der Waals surface area contributed by atoms with Gasteiger partial charge >= 0.3 is 0 Å². The maximum absolute atomic E-state index is 5.44. The number of hydrogen-bond donors (Lipinski definition) is 1. The number of nitrogens with zero attached hydrogens (tertiary/aromatic N) is 3. The van der Waals surface area contributed by atoms with Crippen LogP contribution in [0.4, 0.5) is 11.4 Å². The van der Waals surface area contributed by atoms with Gasteiger partial charge in [-0.05, 0) is 42.7 Å². The Morgan fingerprint density at radius 2 is 1.79 bits per heavy atom. The van der Waals surface area contributed by atoms with Crippen molar-refractivity contribution in [3.8, 4) is 0 Å². The summed E-state index contributed by atoms with van der Waals surface area (Å²) < 4.78 is 5.44. The normalized spacial score (nSPS) is 16.5. The number of rotatable bonds is 4. The smallest absolute Gasteiger partial charge is 0.198 e. The standard InChI is InChI=1S/C22H28N4O.HI/c1-2-23-22(26-12-11-19-5-3-4-6-21(19)26)24-17-18-7-9-20(10-8-18)25-13-15-27-16-14-25;/h3-10H,2,11-17H2,1H3,(H,23,24);1H. The highest BCUT2D eigenvalue weighted by Crippen LogP contribution is 2.27. The predicted octanol–water partition coefficient (Wildman–Crippen LogP) is 3.67. The van der Waals surface area contributed by atoms with Gasteiger partial charge in [0.05, 0.1) is 19.8 Å². The van der Waals surface area contributed by atoms with Gasteiger partial charge in [-0.15, -0.1) is 24.0 Å². The van der Waals surface area contributed by atoms with E-state index in [2.05, 4.69) is 70.6 Å². The summed E-state index contributed by atoms with van der Waals surface area (Å²) in [6, 6.07) is 17.4. The highest BCUT2D eigenvalue weighted by atomic mass is 127. The van der Waals surface area contributed by atoms with Gasteiger partial charge in [-0.25, -0.2) is 4.99 Å². The lowest BCUT2D eigenvalue weighted by Crippen LogP contribution is -2.40. The van der Waals surface area contributed by atoms with Crippen LogP contribution in [0.5, 0.6) is 0 Å². The van der Waals surface area contributed by atoms with E-state index in [1.165, 1.54) is 22.5 Å². The summed E-state index contributed by atoms with van der Waals surface area (Å²) in [7, 11) is 0. The molecule has 0 amide bonds. The van der Waals surface area contributed by atoms with Crippen LogP contribution in [0.25, 0.3) is 0 Å². The van der Waals surface area contributed by atoms with Crippen LogP contribution in [0.2, 0.25) is 0 Å². The maximum atomic E-state index is 5.44. The van der Waals surface area contributed by atoms with Crippen molar-refractivity contribution in [2.24, 2.45) is 4.99 Å². The van der Waals surface area contributed by atoms with Crippen molar-refractivity contribution in [2.45, 2.75) is 19.9 Å². The number of para-hydroxylation sites is 1. The van der Waals surface area contributed by atoms with Gasteiger partial charge < -0.3 is 19.9 Å². The first-order valence-corrected chi connectivity index (χ1v) is 9.90. The van der Waals surface area contributed by atoms with Crippen LogP contribution in [-0.2, 0) is 17.7 Å². The summed E-state index contributed by atoms with van der Waals surface area (Å²) in [5.41, 5.74) is 5.18. The summed E-state index contributed by atoms with van der Waals surface area (Å²) in [6.07, 6.45) is 1.08. The Morgan fingerprint density at radius 1 is 1.04 bits per heavy atom. The number of anilines is 2. The third kappa shape index (κ3) is 4.78. The third-order valence-electron chi connectivity index (χ3n) is 5.20. The summed E-state index contributed by atoms with van der Waals surface area (Å²) >= 11 is 0. The quantitative estimate of drug-likeness (QED) is 0.402. The second kappa shape index (κ2) is 10.1. The van der Waals surface area contributed by atoms with Gasteiger partial charge in [0.25, 0.3) is 0 Å². The lowest BCUT2D eigenvalue weighted by Gasteiger charge is -2.28. The molecular formula is C22H29IN4O. The molecule has 1 saturated heterocycles. The number of hydrogen-bond acceptors (Lipinski definition) is 3. The molecule has 2 heterocycles. The van der Waals surface area contributed by atoms with E-state index in [9.17, 15) is 0 Å². The SMILES string of the molecule is CCNC(=NCc1ccc(N2CCOCC2)cc1)N1CCc2ccccc21.I. The zero-order valence-corrected chi connectivity index (χ0v) is 18.8. The number of ether oxygens (including phenoxy) is 1. The molecule has 2 aromatic carbocycles. The van der Waals surface area contributed by atoms with Crippen LogP contribution in [0.1, 0.15) is 18.1 Å². The Balaban J connectivity index is 0.00000225. The van der Waals surface area contributed by atoms with Gasteiger partial charge in [0.15, 0.2) is 5.96 Å². The molecule has 0 aliphatic carbocycles. The van der Waals surface area contributed by atoms with Crippen LogP contribution >= 0.6 is 24.0 Å². The molecule has 0 saturated carbocycles. The van der Waals surface area contributed by atoms with Crippen molar-refractivity contribution in [1.82, 2.24) is 5.32 Å². The minimum atomic E-state index is 0. The molecule has 0 bridgehead atoms. The lowest BCUT2D eigenvalue weighted by molar-refractivity contribution is 0.122. The van der Waals surface area contributed by atoms with Gasteiger partial charge in [-0.2, -0.15) is 0 Å². The van der Waals surface area contributed by atoms with Gasteiger partial charge in [0.2, 0.25) is 0 Å². The first kappa shape index (κ1) is 20.9. The largest absolute Gasteiger partial charge is 0.378 e. The average Bonchev–Trinajstić information content (AvgIpc) is 3.16. The number of halogens is 1. The number of aliphatic imine (C=N–C) groups is 1. The number of guanidine groups is 1. The fraction of sp³-hybridized carbons (Fsp3) is 0.409. The first-order valence-electron chi connectivity index (χ1n) is 9.90. The molecule has 0 unspecified atom stereocenters. The van der Waals surface area contributed by atoms with E-state index in [0.717, 1.165) is 51.8 Å². The zero-order chi connectivity index (χ0) is 18.5. The van der Waals surface area contributed by atoms with E-state index in [-0.39, 0.29) is 24.0 Å². The molecule has 1 N–H and O–H groups in total. The van der Waals surface area contributed by atoms with Crippen molar-refractivity contribution >= 4 is 41.3 Å². The Morgan fingerprint density at radius 3 is 2.54 bits per heavy atom. The highest BCUT2D eigenvalue weighted by Gasteiger charge is 2.22. The molecule has 0 aromatic heterocycles. The molecule has 0 atom stereocenters. The van der Waals surface area contributed by atoms with Crippen molar-refractivity contribution < 1.29 is 4.74 Å². The van der Waals surface area contributed by atoms with Crippen LogP contribution in [0.15, 0.2) is 53.5 Å². The van der Waals surface area contributed by atoms with Crippen molar-refractivity contribution in [3.05, 3.63) is 59.7 Å². The van der Waals surface area contributed by atoms with E-state index in [0.29, 0.717) is 6.54 Å². The second-order valence-electron chi connectivity index (χ2n) is 6.97. The van der Waals surface area contributed by atoms with Crippen LogP contribution in [0.3, 0.4) is 0 Å². The lowest BCUT2D eigenvalue weighted by atomic mass is 10.2. The highest BCUT2D eigenvalue weighted by molar-refractivity contribution is 14.0. The molecule has 0 spiro atoms. The Hall–Kier alpha value is -1.80. The Labute approximate surface area is 184 Å². The molecule has 2 aliphatic heterocycles. The molecular weight excluding hydrogens is 463 g/mol. The minimum absolute atomic E-state index is 0. The average molecular weight is 492 g/mol. The van der Waals surface area contributed by atoms with Gasteiger partial charge in [0.1, 0.15) is 0 Å². The Kier molecular flexibility index (Phi) is 7.56. The molecule has 5 nitrogen and oxygen atoms in total. The van der Waals surface area contributed by atoms with Crippen LogP contribution in [0, 0.1) is 0 Å². The van der Waals surface area contributed by atoms with E-state index < -0.39 is 0 Å². The fourth-order valence-corrected chi connectivity index (χ4v) is 3.75. The van der Waals surface area contributed by atoms with Crippen LogP contribution < -0.4 is 15.1 Å². The predicted molar refractivity (Wildman–Crippen MR) is 127 cm³/mol. The maximum Gasteiger partial charge on any atom is 0.198 e. The first-order chi connectivity index (χ1) is 13.3. The molecule has 1 fully saturated rings. The number of fused-ring (bicyclic) bond motifs is 1. The van der Waals surface area contributed by atoms with Gasteiger partial charge in [0, 0.05) is 37.6 Å². The van der Waals surface area contributed by atoms with E-state index in [1.807, 2.05) is 0 Å². The summed E-state index contributed by atoms with van der Waals surface area (Å²) in [4.78, 5) is 9.59. The number of morpholine rings is 1. The van der Waals surface area contributed by atoms with Crippen LogP contribution in [-0.4, -0.2) is 45.4 Å². The van der Waals surface area contributed by atoms with Crippen molar-refractivity contribution in [1.29, 1.82) is 0 Å². The van der Waals surface area contributed by atoms with E-state index >= 15 is 0 Å². The Bertz CT molecular complexity index is 787. The molecule has 0 radical (unpaired) electrons. The molecule has 28 heavy (non-hydrogen) atoms. The number of benzene rings is 2. The fourth-order valence-electron chi connectivity index (χ4n) is 3.75. The topological polar surface area (TPSA) is 40.1 Å². The summed E-state index contributed by atoms with van der Waals surface area (Å²) in [6.45, 7) is 8.23. The monoisotopic (exact) mass is 492 g/mol. The third-order valence-corrected chi connectivity index (χ3v) is 5.20. The summed E-state index contributed by atoms with van der Waals surface area (Å²) in [5.74, 6) is 0.972. The van der Waals surface area contributed by atoms with Gasteiger partial charge in [-0.3, -0.25) is 0 Å². The molecule has 150 valence electrons. The molecule has 2 aliphatic rings. The van der Waals surface area contributed by atoms with Crippen molar-refractivity contribution in [3.63, 3.8) is 0 Å².